The highest BCUT2D eigenvalue weighted by Crippen LogP contribution is 2.30. The Morgan fingerprint density at radius 3 is 2.88 bits per heavy atom. The standard InChI is InChI=1S/C16H15F2N3O2S/c17-16(18)24-13-5-2-1-4-12(13)15(22)21-9-7-11(10-21)23-14-6-3-8-19-20-14/h1-6,8,11,16H,7,9-10H2. The molecule has 1 atom stereocenters. The Hall–Kier alpha value is -2.22. The van der Waals surface area contributed by atoms with Gasteiger partial charge in [-0.25, -0.2) is 0 Å². The topological polar surface area (TPSA) is 55.3 Å². The molecule has 0 spiro atoms. The smallest absolute Gasteiger partial charge is 0.288 e. The summed E-state index contributed by atoms with van der Waals surface area (Å²) in [7, 11) is 0. The number of alkyl halides is 2. The van der Waals surface area contributed by atoms with Crippen molar-refractivity contribution in [2.45, 2.75) is 23.2 Å². The fourth-order valence-electron chi connectivity index (χ4n) is 2.54. The van der Waals surface area contributed by atoms with Crippen LogP contribution in [0, 0.1) is 0 Å². The molecule has 1 saturated heterocycles. The van der Waals surface area contributed by atoms with Crippen LogP contribution in [0.4, 0.5) is 8.78 Å². The van der Waals surface area contributed by atoms with Gasteiger partial charge in [-0.3, -0.25) is 4.79 Å². The fraction of sp³-hybridized carbons (Fsp3) is 0.312. The van der Waals surface area contributed by atoms with Crippen molar-refractivity contribution >= 4 is 17.7 Å². The lowest BCUT2D eigenvalue weighted by atomic mass is 10.2. The molecule has 2 aromatic rings. The van der Waals surface area contributed by atoms with E-state index in [1.54, 1.807) is 41.4 Å². The van der Waals surface area contributed by atoms with Gasteiger partial charge in [0.2, 0.25) is 5.88 Å². The number of carbonyl (C=O) groups excluding carboxylic acids is 1. The van der Waals surface area contributed by atoms with Gasteiger partial charge in [0.15, 0.2) is 0 Å². The molecule has 1 amide bonds. The third-order valence-electron chi connectivity index (χ3n) is 3.60. The minimum Gasteiger partial charge on any atom is -0.471 e. The van der Waals surface area contributed by atoms with Gasteiger partial charge < -0.3 is 9.64 Å². The van der Waals surface area contributed by atoms with Crippen molar-refractivity contribution in [2.75, 3.05) is 13.1 Å². The molecule has 1 aliphatic rings. The number of hydrogen-bond acceptors (Lipinski definition) is 5. The first-order valence-corrected chi connectivity index (χ1v) is 8.29. The zero-order valence-electron chi connectivity index (χ0n) is 12.6. The monoisotopic (exact) mass is 351 g/mol. The number of thioether (sulfide) groups is 1. The molecule has 1 unspecified atom stereocenters. The average molecular weight is 351 g/mol. The van der Waals surface area contributed by atoms with Crippen molar-refractivity contribution < 1.29 is 18.3 Å². The molecule has 126 valence electrons. The lowest BCUT2D eigenvalue weighted by Crippen LogP contribution is -2.31. The van der Waals surface area contributed by atoms with Crippen LogP contribution in [0.2, 0.25) is 0 Å². The van der Waals surface area contributed by atoms with Gasteiger partial charge in [-0.2, -0.15) is 13.9 Å². The van der Waals surface area contributed by atoms with Gasteiger partial charge in [0.25, 0.3) is 11.7 Å². The van der Waals surface area contributed by atoms with Crippen LogP contribution in [0.1, 0.15) is 16.8 Å². The predicted molar refractivity (Wildman–Crippen MR) is 85.3 cm³/mol. The van der Waals surface area contributed by atoms with Gasteiger partial charge in [-0.15, -0.1) is 5.10 Å². The first kappa shape index (κ1) is 16.6. The van der Waals surface area contributed by atoms with Crippen LogP contribution in [-0.2, 0) is 0 Å². The molecule has 0 bridgehead atoms. The van der Waals surface area contributed by atoms with E-state index in [9.17, 15) is 13.6 Å². The van der Waals surface area contributed by atoms with Crippen LogP contribution >= 0.6 is 11.8 Å². The third kappa shape index (κ3) is 4.00. The Labute approximate surface area is 142 Å². The van der Waals surface area contributed by atoms with E-state index in [1.807, 2.05) is 0 Å². The molecule has 1 fully saturated rings. The largest absolute Gasteiger partial charge is 0.471 e. The van der Waals surface area contributed by atoms with E-state index < -0.39 is 5.76 Å². The molecule has 24 heavy (non-hydrogen) atoms. The van der Waals surface area contributed by atoms with Gasteiger partial charge >= 0.3 is 0 Å². The van der Waals surface area contributed by atoms with Crippen molar-refractivity contribution in [2.24, 2.45) is 0 Å². The highest BCUT2D eigenvalue weighted by atomic mass is 32.2. The van der Waals surface area contributed by atoms with E-state index in [-0.39, 0.29) is 16.9 Å². The molecule has 2 heterocycles. The van der Waals surface area contributed by atoms with Gasteiger partial charge in [-0.1, -0.05) is 23.9 Å². The minimum absolute atomic E-state index is 0.180. The Kier molecular flexibility index (Phi) is 5.24. The Bertz CT molecular complexity index is 703. The zero-order valence-corrected chi connectivity index (χ0v) is 13.5. The van der Waals surface area contributed by atoms with Crippen molar-refractivity contribution in [3.8, 4) is 5.88 Å². The number of carbonyl (C=O) groups is 1. The van der Waals surface area contributed by atoms with E-state index in [1.165, 1.54) is 6.07 Å². The Morgan fingerprint density at radius 1 is 1.29 bits per heavy atom. The number of rotatable bonds is 5. The molecule has 1 aliphatic heterocycles. The summed E-state index contributed by atoms with van der Waals surface area (Å²) in [4.78, 5) is 14.5. The molecule has 0 radical (unpaired) electrons. The van der Waals surface area contributed by atoms with E-state index in [2.05, 4.69) is 10.2 Å². The van der Waals surface area contributed by atoms with Crippen LogP contribution in [0.3, 0.4) is 0 Å². The number of hydrogen-bond donors (Lipinski definition) is 0. The summed E-state index contributed by atoms with van der Waals surface area (Å²) >= 11 is 0.385. The minimum atomic E-state index is -2.56. The van der Waals surface area contributed by atoms with Crippen LogP contribution < -0.4 is 4.74 Å². The normalized spacial score (nSPS) is 17.3. The molecule has 0 saturated carbocycles. The van der Waals surface area contributed by atoms with Gasteiger partial charge in [0, 0.05) is 30.1 Å². The van der Waals surface area contributed by atoms with Crippen molar-refractivity contribution in [3.05, 3.63) is 48.2 Å². The van der Waals surface area contributed by atoms with Crippen LogP contribution in [0.5, 0.6) is 5.88 Å². The van der Waals surface area contributed by atoms with Crippen molar-refractivity contribution in [1.29, 1.82) is 0 Å². The van der Waals surface area contributed by atoms with Crippen LogP contribution in [-0.4, -0.2) is 46.0 Å². The number of halogens is 2. The molecule has 0 aliphatic carbocycles. The molecular formula is C16H15F2N3O2S. The summed E-state index contributed by atoms with van der Waals surface area (Å²) < 4.78 is 31.0. The number of nitrogens with zero attached hydrogens (tertiary/aromatic N) is 3. The number of aromatic nitrogens is 2. The Morgan fingerprint density at radius 2 is 2.12 bits per heavy atom. The first-order chi connectivity index (χ1) is 11.6. The highest BCUT2D eigenvalue weighted by molar-refractivity contribution is 7.99. The average Bonchev–Trinajstić information content (AvgIpc) is 3.03. The highest BCUT2D eigenvalue weighted by Gasteiger charge is 2.30. The maximum absolute atomic E-state index is 12.7. The molecule has 3 rings (SSSR count). The lowest BCUT2D eigenvalue weighted by molar-refractivity contribution is 0.0767. The van der Waals surface area contributed by atoms with Crippen LogP contribution in [0.15, 0.2) is 47.5 Å². The molecule has 0 N–H and O–H groups in total. The summed E-state index contributed by atoms with van der Waals surface area (Å²) in [5.74, 6) is -2.42. The van der Waals surface area contributed by atoms with Crippen molar-refractivity contribution in [1.82, 2.24) is 15.1 Å². The number of ether oxygens (including phenoxy) is 1. The summed E-state index contributed by atoms with van der Waals surface area (Å²) in [6.45, 7) is 0.903. The van der Waals surface area contributed by atoms with E-state index >= 15 is 0 Å². The second kappa shape index (κ2) is 7.57. The number of amides is 1. The van der Waals surface area contributed by atoms with Gasteiger partial charge in [0.1, 0.15) is 6.10 Å². The predicted octanol–water partition coefficient (Wildman–Crippen LogP) is 3.08. The summed E-state index contributed by atoms with van der Waals surface area (Å²) in [6, 6.07) is 9.85. The first-order valence-electron chi connectivity index (χ1n) is 7.41. The van der Waals surface area contributed by atoms with E-state index in [0.29, 0.717) is 42.7 Å². The second-order valence-electron chi connectivity index (χ2n) is 5.22. The maximum atomic E-state index is 12.7. The quantitative estimate of drug-likeness (QED) is 0.775. The lowest BCUT2D eigenvalue weighted by Gasteiger charge is -2.18. The summed E-state index contributed by atoms with van der Waals surface area (Å²) in [5, 5.41) is 7.59. The SMILES string of the molecule is O=C(c1ccccc1SC(F)F)N1CCC(Oc2cccnn2)C1. The van der Waals surface area contributed by atoms with Crippen molar-refractivity contribution in [3.63, 3.8) is 0 Å². The molecular weight excluding hydrogens is 336 g/mol. The van der Waals surface area contributed by atoms with E-state index in [4.69, 9.17) is 4.74 Å². The van der Waals surface area contributed by atoms with Crippen LogP contribution in [0.25, 0.3) is 0 Å². The number of benzene rings is 1. The molecule has 1 aromatic heterocycles. The summed E-state index contributed by atoms with van der Waals surface area (Å²) in [5.41, 5.74) is 0.294. The zero-order chi connectivity index (χ0) is 16.9. The maximum Gasteiger partial charge on any atom is 0.288 e. The van der Waals surface area contributed by atoms with Gasteiger partial charge in [0.05, 0.1) is 12.1 Å². The fourth-order valence-corrected chi connectivity index (χ4v) is 3.17. The Balaban J connectivity index is 1.66. The summed E-state index contributed by atoms with van der Waals surface area (Å²) in [6.07, 6.45) is 2.03. The van der Waals surface area contributed by atoms with E-state index in [0.717, 1.165) is 0 Å². The number of likely N-dealkylation sites (tertiary alicyclic amines) is 1. The second-order valence-corrected chi connectivity index (χ2v) is 6.25. The molecule has 1 aromatic carbocycles. The molecule has 8 heteroatoms. The molecule has 5 nitrogen and oxygen atoms in total. The third-order valence-corrected chi connectivity index (χ3v) is 4.39. The van der Waals surface area contributed by atoms with Gasteiger partial charge in [-0.05, 0) is 18.2 Å².